The third-order valence-corrected chi connectivity index (χ3v) is 4.29. The van der Waals surface area contributed by atoms with Crippen LogP contribution >= 0.6 is 0 Å². The van der Waals surface area contributed by atoms with Gasteiger partial charge in [-0.05, 0) is 25.8 Å². The highest BCUT2D eigenvalue weighted by atomic mass is 16.5. The van der Waals surface area contributed by atoms with Crippen molar-refractivity contribution in [1.29, 1.82) is 0 Å². The quantitative estimate of drug-likeness (QED) is 0.848. The number of hydrogen-bond donors (Lipinski definition) is 2. The van der Waals surface area contributed by atoms with Crippen molar-refractivity contribution in [3.8, 4) is 5.88 Å². The Balaban J connectivity index is 1.89. The largest absolute Gasteiger partial charge is 0.493 e. The molecule has 1 aliphatic heterocycles. The van der Waals surface area contributed by atoms with Crippen LogP contribution in [-0.2, 0) is 4.74 Å². The molecule has 2 fully saturated rings. The van der Waals surface area contributed by atoms with Crippen molar-refractivity contribution >= 4 is 0 Å². The topological polar surface area (TPSA) is 78.5 Å². The molecule has 1 aromatic rings. The van der Waals surface area contributed by atoms with Crippen LogP contribution in [0.3, 0.4) is 0 Å². The lowest BCUT2D eigenvalue weighted by Crippen LogP contribution is -2.37. The molecular formula is C14H21N3O3. The van der Waals surface area contributed by atoms with E-state index < -0.39 is 0 Å². The lowest BCUT2D eigenvalue weighted by Gasteiger charge is -2.29. The molecular weight excluding hydrogens is 258 g/mol. The monoisotopic (exact) mass is 279 g/mol. The summed E-state index contributed by atoms with van der Waals surface area (Å²) < 4.78 is 5.62. The van der Waals surface area contributed by atoms with Crippen LogP contribution in [-0.4, -0.2) is 46.7 Å². The van der Waals surface area contributed by atoms with Crippen molar-refractivity contribution in [2.45, 2.75) is 37.7 Å². The molecule has 0 aromatic carbocycles. The molecule has 0 radical (unpaired) electrons. The number of nitrogens with one attached hydrogen (secondary N) is 1. The zero-order chi connectivity index (χ0) is 14.1. The molecule has 110 valence electrons. The Morgan fingerprint density at radius 2 is 2.15 bits per heavy atom. The highest BCUT2D eigenvalue weighted by Gasteiger charge is 2.27. The lowest BCUT2D eigenvalue weighted by molar-refractivity contribution is -0.0259. The number of H-pyrrole nitrogens is 1. The van der Waals surface area contributed by atoms with Gasteiger partial charge in [-0.3, -0.25) is 4.79 Å². The molecule has 2 heterocycles. The van der Waals surface area contributed by atoms with Gasteiger partial charge >= 0.3 is 0 Å². The van der Waals surface area contributed by atoms with Crippen molar-refractivity contribution in [1.82, 2.24) is 14.9 Å². The summed E-state index contributed by atoms with van der Waals surface area (Å²) in [7, 11) is 2.00. The number of aromatic hydroxyl groups is 1. The maximum absolute atomic E-state index is 12.2. The number of ether oxygens (including phenoxy) is 1. The van der Waals surface area contributed by atoms with E-state index in [1.165, 1.54) is 0 Å². The number of morpholine rings is 1. The molecule has 6 nitrogen and oxygen atoms in total. The van der Waals surface area contributed by atoms with Crippen LogP contribution in [0, 0.1) is 0 Å². The van der Waals surface area contributed by atoms with Crippen LogP contribution in [0.15, 0.2) is 4.79 Å². The summed E-state index contributed by atoms with van der Waals surface area (Å²) in [6, 6.07) is 0. The van der Waals surface area contributed by atoms with Crippen molar-refractivity contribution in [2.75, 3.05) is 26.7 Å². The van der Waals surface area contributed by atoms with E-state index in [2.05, 4.69) is 14.9 Å². The molecule has 1 aromatic heterocycles. The molecule has 1 aliphatic carbocycles. The second kappa shape index (κ2) is 5.54. The van der Waals surface area contributed by atoms with Gasteiger partial charge in [-0.25, -0.2) is 0 Å². The Bertz CT molecular complexity index is 537. The molecule has 0 spiro atoms. The van der Waals surface area contributed by atoms with E-state index in [4.69, 9.17) is 4.74 Å². The van der Waals surface area contributed by atoms with Gasteiger partial charge in [0.25, 0.3) is 5.56 Å². The summed E-state index contributed by atoms with van der Waals surface area (Å²) in [6.45, 7) is 2.15. The fourth-order valence-electron chi connectivity index (χ4n) is 3.17. The minimum atomic E-state index is -0.273. The first kappa shape index (κ1) is 13.6. The number of likely N-dealkylation sites (N-methyl/N-ethyl adjacent to an activating group) is 1. The highest BCUT2D eigenvalue weighted by Crippen LogP contribution is 2.35. The fraction of sp³-hybridized carbons (Fsp3) is 0.714. The van der Waals surface area contributed by atoms with Gasteiger partial charge in [0.05, 0.1) is 12.2 Å². The first-order chi connectivity index (χ1) is 9.65. The summed E-state index contributed by atoms with van der Waals surface area (Å²) >= 11 is 0. The number of aromatic amines is 1. The molecule has 1 saturated heterocycles. The standard InChI is InChI=1S/C14H21N3O3/c1-17-6-7-20-10(8-17)12-15-13(18)11(14(19)16-12)9-4-2-3-5-9/h9-10H,2-8H2,1H3,(H2,15,16,18,19). The molecule has 1 saturated carbocycles. The van der Waals surface area contributed by atoms with Crippen molar-refractivity contribution in [3.63, 3.8) is 0 Å². The molecule has 6 heteroatoms. The van der Waals surface area contributed by atoms with Crippen molar-refractivity contribution < 1.29 is 9.84 Å². The van der Waals surface area contributed by atoms with Crippen LogP contribution < -0.4 is 5.56 Å². The van der Waals surface area contributed by atoms with E-state index in [1.807, 2.05) is 7.05 Å². The minimum Gasteiger partial charge on any atom is -0.493 e. The van der Waals surface area contributed by atoms with Gasteiger partial charge in [0.15, 0.2) is 0 Å². The predicted octanol–water partition coefficient (Wildman–Crippen LogP) is 1.14. The number of aromatic nitrogens is 2. The summed E-state index contributed by atoms with van der Waals surface area (Å²) in [5, 5.41) is 10.1. The fourth-order valence-corrected chi connectivity index (χ4v) is 3.17. The molecule has 20 heavy (non-hydrogen) atoms. The Hall–Kier alpha value is -1.40. The third-order valence-electron chi connectivity index (χ3n) is 4.29. The second-order valence-corrected chi connectivity index (χ2v) is 5.79. The first-order valence-electron chi connectivity index (χ1n) is 7.28. The maximum Gasteiger partial charge on any atom is 0.258 e. The van der Waals surface area contributed by atoms with Crippen LogP contribution in [0.4, 0.5) is 0 Å². The lowest BCUT2D eigenvalue weighted by atomic mass is 10.00. The normalized spacial score (nSPS) is 25.1. The van der Waals surface area contributed by atoms with Crippen molar-refractivity contribution in [2.24, 2.45) is 0 Å². The van der Waals surface area contributed by atoms with E-state index in [0.717, 1.165) is 32.2 Å². The van der Waals surface area contributed by atoms with Gasteiger partial charge in [0.2, 0.25) is 5.88 Å². The maximum atomic E-state index is 12.2. The first-order valence-corrected chi connectivity index (χ1v) is 7.28. The van der Waals surface area contributed by atoms with Gasteiger partial charge in [-0.2, -0.15) is 4.98 Å². The molecule has 0 bridgehead atoms. The van der Waals surface area contributed by atoms with Crippen molar-refractivity contribution in [3.05, 3.63) is 21.7 Å². The SMILES string of the molecule is CN1CCOC(c2nc(O)c(C3CCCC3)c(=O)[nH]2)C1. The van der Waals surface area contributed by atoms with E-state index in [9.17, 15) is 9.90 Å². The summed E-state index contributed by atoms with van der Waals surface area (Å²) in [6.07, 6.45) is 3.87. The average molecular weight is 279 g/mol. The zero-order valence-electron chi connectivity index (χ0n) is 11.8. The van der Waals surface area contributed by atoms with Gasteiger partial charge in [-0.1, -0.05) is 12.8 Å². The highest BCUT2D eigenvalue weighted by molar-refractivity contribution is 5.28. The molecule has 1 atom stereocenters. The summed E-state index contributed by atoms with van der Waals surface area (Å²) in [5.41, 5.74) is 0.242. The Morgan fingerprint density at radius 1 is 1.40 bits per heavy atom. The summed E-state index contributed by atoms with van der Waals surface area (Å²) in [5.74, 6) is 0.462. The Morgan fingerprint density at radius 3 is 2.80 bits per heavy atom. The number of rotatable bonds is 2. The second-order valence-electron chi connectivity index (χ2n) is 5.79. The van der Waals surface area contributed by atoms with Gasteiger partial charge in [0.1, 0.15) is 11.9 Å². The molecule has 3 rings (SSSR count). The Kier molecular flexibility index (Phi) is 3.76. The summed E-state index contributed by atoms with van der Waals surface area (Å²) in [4.78, 5) is 21.4. The Labute approximate surface area is 117 Å². The van der Waals surface area contributed by atoms with Crippen LogP contribution in [0.2, 0.25) is 0 Å². The minimum absolute atomic E-state index is 0.118. The van der Waals surface area contributed by atoms with Crippen LogP contribution in [0.5, 0.6) is 5.88 Å². The van der Waals surface area contributed by atoms with Crippen LogP contribution in [0.25, 0.3) is 0 Å². The average Bonchev–Trinajstić information content (AvgIpc) is 2.91. The van der Waals surface area contributed by atoms with E-state index in [0.29, 0.717) is 24.5 Å². The zero-order valence-corrected chi connectivity index (χ0v) is 11.8. The van der Waals surface area contributed by atoms with Crippen LogP contribution in [0.1, 0.15) is 49.1 Å². The molecule has 0 amide bonds. The van der Waals surface area contributed by atoms with Gasteiger partial charge in [0, 0.05) is 13.1 Å². The number of hydrogen-bond acceptors (Lipinski definition) is 5. The van der Waals surface area contributed by atoms with Gasteiger partial charge < -0.3 is 19.7 Å². The number of nitrogens with zero attached hydrogens (tertiary/aromatic N) is 2. The van der Waals surface area contributed by atoms with Gasteiger partial charge in [-0.15, -0.1) is 0 Å². The van der Waals surface area contributed by atoms with E-state index >= 15 is 0 Å². The smallest absolute Gasteiger partial charge is 0.258 e. The van der Waals surface area contributed by atoms with E-state index in [1.54, 1.807) is 0 Å². The third kappa shape index (κ3) is 2.58. The predicted molar refractivity (Wildman–Crippen MR) is 73.9 cm³/mol. The molecule has 2 N–H and O–H groups in total. The molecule has 1 unspecified atom stereocenters. The van der Waals surface area contributed by atoms with E-state index in [-0.39, 0.29) is 23.5 Å². The molecule has 2 aliphatic rings.